The molecule has 0 radical (unpaired) electrons. The summed E-state index contributed by atoms with van der Waals surface area (Å²) in [4.78, 5) is 36.2. The van der Waals surface area contributed by atoms with Gasteiger partial charge in [0, 0.05) is 6.54 Å². The zero-order valence-corrected chi connectivity index (χ0v) is 17.7. The normalized spacial score (nSPS) is 13.1. The Kier molecular flexibility index (Phi) is 10.2. The van der Waals surface area contributed by atoms with Crippen molar-refractivity contribution in [2.75, 3.05) is 6.54 Å². The number of rotatable bonds is 10. The fourth-order valence-electron chi connectivity index (χ4n) is 2.51. The van der Waals surface area contributed by atoms with E-state index in [-0.39, 0.29) is 12.5 Å². The highest BCUT2D eigenvalue weighted by Crippen LogP contribution is 2.10. The predicted molar refractivity (Wildman–Crippen MR) is 110 cm³/mol. The molecule has 8 heteroatoms. The number of carbonyl (C=O) groups is 3. The fourth-order valence-corrected chi connectivity index (χ4v) is 2.51. The molecule has 1 aromatic carbocycles. The Labute approximate surface area is 172 Å². The van der Waals surface area contributed by atoms with E-state index in [4.69, 9.17) is 15.2 Å². The highest BCUT2D eigenvalue weighted by molar-refractivity contribution is 5.85. The van der Waals surface area contributed by atoms with Crippen LogP contribution in [0.4, 0.5) is 4.79 Å². The third-order valence-corrected chi connectivity index (χ3v) is 3.89. The number of carbonyl (C=O) groups excluding carboxylic acids is 3. The van der Waals surface area contributed by atoms with Gasteiger partial charge in [0.15, 0.2) is 0 Å². The van der Waals surface area contributed by atoms with E-state index in [1.54, 1.807) is 27.7 Å². The van der Waals surface area contributed by atoms with E-state index >= 15 is 0 Å². The second kappa shape index (κ2) is 12.1. The summed E-state index contributed by atoms with van der Waals surface area (Å²) in [5, 5.41) is 5.26. The van der Waals surface area contributed by atoms with Crippen LogP contribution < -0.4 is 16.4 Å². The summed E-state index contributed by atoms with van der Waals surface area (Å²) in [6, 6.07) is 7.76. The number of amides is 2. The average molecular weight is 408 g/mol. The van der Waals surface area contributed by atoms with Crippen LogP contribution in [0, 0.1) is 0 Å². The Hall–Kier alpha value is -2.61. The molecule has 8 nitrogen and oxygen atoms in total. The maximum Gasteiger partial charge on any atom is 0.408 e. The highest BCUT2D eigenvalue weighted by atomic mass is 16.6. The molecule has 0 heterocycles. The molecule has 0 bridgehead atoms. The van der Waals surface area contributed by atoms with Crippen LogP contribution in [0.25, 0.3) is 0 Å². The van der Waals surface area contributed by atoms with E-state index in [9.17, 15) is 14.4 Å². The molecule has 0 saturated heterocycles. The van der Waals surface area contributed by atoms with Crippen molar-refractivity contribution in [3.63, 3.8) is 0 Å². The van der Waals surface area contributed by atoms with Gasteiger partial charge in [0.1, 0.15) is 24.3 Å². The van der Waals surface area contributed by atoms with Gasteiger partial charge in [-0.15, -0.1) is 0 Å². The monoisotopic (exact) mass is 407 g/mol. The van der Waals surface area contributed by atoms with E-state index in [0.29, 0.717) is 25.8 Å². The van der Waals surface area contributed by atoms with Gasteiger partial charge in [-0.05, 0) is 52.5 Å². The zero-order chi connectivity index (χ0) is 21.9. The lowest BCUT2D eigenvalue weighted by molar-refractivity contribution is -0.146. The van der Waals surface area contributed by atoms with Gasteiger partial charge in [-0.2, -0.15) is 0 Å². The summed E-state index contributed by atoms with van der Waals surface area (Å²) in [6.45, 7) is 7.63. The average Bonchev–Trinajstić information content (AvgIpc) is 2.64. The maximum absolute atomic E-state index is 12.2. The van der Waals surface area contributed by atoms with Crippen molar-refractivity contribution in [2.24, 2.45) is 5.73 Å². The standard InChI is InChI=1S/C21H33N3O5/c1-5-23-18(25)17(24-20(27)29-21(2,3)4)13-9-12-16(22)19(26)28-14-15-10-7-6-8-11-15/h6-8,10-11,16-17H,5,9,12-14,22H2,1-4H3,(H,23,25)(H,24,27)/t16?,17-/m1/s1. The van der Waals surface area contributed by atoms with Gasteiger partial charge >= 0.3 is 12.1 Å². The van der Waals surface area contributed by atoms with Gasteiger partial charge in [0.2, 0.25) is 5.91 Å². The number of likely N-dealkylation sites (N-methyl/N-ethyl adjacent to an activating group) is 1. The number of nitrogens with two attached hydrogens (primary N) is 1. The van der Waals surface area contributed by atoms with Crippen LogP contribution in [0.15, 0.2) is 30.3 Å². The molecule has 1 aromatic rings. The summed E-state index contributed by atoms with van der Waals surface area (Å²) >= 11 is 0. The molecule has 1 rings (SSSR count). The van der Waals surface area contributed by atoms with Gasteiger partial charge < -0.3 is 25.8 Å². The Morgan fingerprint density at radius 1 is 1.10 bits per heavy atom. The van der Waals surface area contributed by atoms with Crippen molar-refractivity contribution in [1.82, 2.24) is 10.6 Å². The number of hydrogen-bond acceptors (Lipinski definition) is 6. The number of alkyl carbamates (subject to hydrolysis) is 1. The quantitative estimate of drug-likeness (QED) is 0.512. The lowest BCUT2D eigenvalue weighted by Gasteiger charge is -2.23. The molecule has 29 heavy (non-hydrogen) atoms. The van der Waals surface area contributed by atoms with E-state index in [1.807, 2.05) is 30.3 Å². The van der Waals surface area contributed by atoms with E-state index < -0.39 is 29.7 Å². The molecule has 4 N–H and O–H groups in total. The molecular weight excluding hydrogens is 374 g/mol. The van der Waals surface area contributed by atoms with Crippen LogP contribution >= 0.6 is 0 Å². The summed E-state index contributed by atoms with van der Waals surface area (Å²) in [5.41, 5.74) is 6.11. The van der Waals surface area contributed by atoms with Crippen molar-refractivity contribution in [3.05, 3.63) is 35.9 Å². The lowest BCUT2D eigenvalue weighted by atomic mass is 10.1. The van der Waals surface area contributed by atoms with E-state index in [0.717, 1.165) is 5.56 Å². The molecule has 0 saturated carbocycles. The highest BCUT2D eigenvalue weighted by Gasteiger charge is 2.24. The van der Waals surface area contributed by atoms with Crippen LogP contribution in [0.2, 0.25) is 0 Å². The largest absolute Gasteiger partial charge is 0.460 e. The van der Waals surface area contributed by atoms with Gasteiger partial charge in [-0.25, -0.2) is 4.79 Å². The Balaban J connectivity index is 2.47. The second-order valence-corrected chi connectivity index (χ2v) is 7.72. The van der Waals surface area contributed by atoms with Crippen LogP contribution in [0.5, 0.6) is 0 Å². The number of nitrogens with one attached hydrogen (secondary N) is 2. The van der Waals surface area contributed by atoms with Crippen molar-refractivity contribution >= 4 is 18.0 Å². The molecule has 1 unspecified atom stereocenters. The fraction of sp³-hybridized carbons (Fsp3) is 0.571. The first-order valence-corrected chi connectivity index (χ1v) is 9.85. The maximum atomic E-state index is 12.2. The van der Waals surface area contributed by atoms with E-state index in [1.165, 1.54) is 0 Å². The van der Waals surface area contributed by atoms with Crippen LogP contribution in [-0.2, 0) is 25.7 Å². The molecule has 0 fully saturated rings. The van der Waals surface area contributed by atoms with Crippen LogP contribution in [0.1, 0.15) is 52.5 Å². The van der Waals surface area contributed by atoms with Gasteiger partial charge in [0.25, 0.3) is 0 Å². The Morgan fingerprint density at radius 3 is 2.34 bits per heavy atom. The van der Waals surface area contributed by atoms with Gasteiger partial charge in [0.05, 0.1) is 0 Å². The third kappa shape index (κ3) is 10.5. The minimum atomic E-state index is -0.796. The first-order valence-electron chi connectivity index (χ1n) is 9.85. The molecular formula is C21H33N3O5. The first kappa shape index (κ1) is 24.4. The Morgan fingerprint density at radius 2 is 1.76 bits per heavy atom. The minimum absolute atomic E-state index is 0.162. The topological polar surface area (TPSA) is 120 Å². The lowest BCUT2D eigenvalue weighted by Crippen LogP contribution is -2.48. The molecule has 0 aliphatic heterocycles. The van der Waals surface area contributed by atoms with Crippen molar-refractivity contribution < 1.29 is 23.9 Å². The zero-order valence-electron chi connectivity index (χ0n) is 17.7. The van der Waals surface area contributed by atoms with E-state index in [2.05, 4.69) is 10.6 Å². The predicted octanol–water partition coefficient (Wildman–Crippen LogP) is 2.26. The smallest absolute Gasteiger partial charge is 0.408 e. The summed E-state index contributed by atoms with van der Waals surface area (Å²) < 4.78 is 10.4. The summed E-state index contributed by atoms with van der Waals surface area (Å²) in [7, 11) is 0. The van der Waals surface area contributed by atoms with Crippen LogP contribution in [0.3, 0.4) is 0 Å². The van der Waals surface area contributed by atoms with Gasteiger partial charge in [-0.3, -0.25) is 9.59 Å². The molecule has 0 spiro atoms. The Bertz CT molecular complexity index is 658. The summed E-state index contributed by atoms with van der Waals surface area (Å²) in [5.74, 6) is -0.804. The van der Waals surface area contributed by atoms with Crippen molar-refractivity contribution in [1.29, 1.82) is 0 Å². The number of ether oxygens (including phenoxy) is 2. The second-order valence-electron chi connectivity index (χ2n) is 7.72. The molecule has 0 aliphatic rings. The third-order valence-electron chi connectivity index (χ3n) is 3.89. The van der Waals surface area contributed by atoms with Gasteiger partial charge in [-0.1, -0.05) is 30.3 Å². The molecule has 0 aliphatic carbocycles. The first-order chi connectivity index (χ1) is 13.6. The molecule has 0 aromatic heterocycles. The molecule has 162 valence electrons. The SMILES string of the molecule is CCNC(=O)[C@@H](CCCC(N)C(=O)OCc1ccccc1)NC(=O)OC(C)(C)C. The molecule has 2 atom stereocenters. The van der Waals surface area contributed by atoms with Crippen LogP contribution in [-0.4, -0.2) is 42.2 Å². The number of benzene rings is 1. The van der Waals surface area contributed by atoms with Crippen molar-refractivity contribution in [2.45, 2.75) is 71.2 Å². The summed E-state index contributed by atoms with van der Waals surface area (Å²) in [6.07, 6.45) is 0.448. The molecule has 2 amide bonds. The number of esters is 1. The minimum Gasteiger partial charge on any atom is -0.460 e. The number of hydrogen-bond donors (Lipinski definition) is 3. The van der Waals surface area contributed by atoms with Crippen molar-refractivity contribution in [3.8, 4) is 0 Å².